The lowest BCUT2D eigenvalue weighted by Gasteiger charge is -2.22. The molecule has 2 amide bonds. The van der Waals surface area contributed by atoms with Gasteiger partial charge in [0.25, 0.3) is 5.91 Å². The Hall–Kier alpha value is -3.08. The lowest BCUT2D eigenvalue weighted by atomic mass is 10.1. The van der Waals surface area contributed by atoms with Gasteiger partial charge in [0.05, 0.1) is 0 Å². The standard InChI is InChI=1S/C21H24N2O3/c1-2-16-26-19-10-8-18(9-11-19)21(25)23(15-13-20(22)24)14-12-17-6-4-3-5-7-17/h2-11H,1,12-16H2,(H2,22,24). The molecule has 0 bridgehead atoms. The summed E-state index contributed by atoms with van der Waals surface area (Å²) >= 11 is 0. The molecular weight excluding hydrogens is 328 g/mol. The van der Waals surface area contributed by atoms with Crippen LogP contribution >= 0.6 is 0 Å². The first-order valence-corrected chi connectivity index (χ1v) is 8.55. The van der Waals surface area contributed by atoms with Crippen molar-refractivity contribution in [2.75, 3.05) is 19.7 Å². The van der Waals surface area contributed by atoms with E-state index in [2.05, 4.69) is 6.58 Å². The van der Waals surface area contributed by atoms with Crippen LogP contribution in [0.4, 0.5) is 0 Å². The Morgan fingerprint density at radius 1 is 1.04 bits per heavy atom. The number of benzene rings is 2. The zero-order valence-corrected chi connectivity index (χ0v) is 14.8. The Kier molecular flexibility index (Phi) is 7.43. The molecule has 0 aromatic heterocycles. The van der Waals surface area contributed by atoms with Crippen molar-refractivity contribution in [3.05, 3.63) is 78.4 Å². The summed E-state index contributed by atoms with van der Waals surface area (Å²) in [6.07, 6.45) is 2.52. The highest BCUT2D eigenvalue weighted by molar-refractivity contribution is 5.94. The van der Waals surface area contributed by atoms with E-state index in [1.54, 1.807) is 35.2 Å². The smallest absolute Gasteiger partial charge is 0.253 e. The first-order valence-electron chi connectivity index (χ1n) is 8.55. The molecule has 0 fully saturated rings. The third kappa shape index (κ3) is 6.09. The fourth-order valence-corrected chi connectivity index (χ4v) is 2.50. The minimum Gasteiger partial charge on any atom is -0.490 e. The van der Waals surface area contributed by atoms with Crippen molar-refractivity contribution < 1.29 is 14.3 Å². The zero-order chi connectivity index (χ0) is 18.8. The Balaban J connectivity index is 2.05. The summed E-state index contributed by atoms with van der Waals surface area (Å²) in [6.45, 7) is 4.83. The molecule has 5 nitrogen and oxygen atoms in total. The number of hydrogen-bond donors (Lipinski definition) is 1. The number of carbonyl (C=O) groups is 2. The van der Waals surface area contributed by atoms with Crippen LogP contribution in [0.5, 0.6) is 5.75 Å². The van der Waals surface area contributed by atoms with E-state index in [1.807, 2.05) is 30.3 Å². The topological polar surface area (TPSA) is 72.6 Å². The maximum atomic E-state index is 12.8. The van der Waals surface area contributed by atoms with E-state index in [-0.39, 0.29) is 12.3 Å². The van der Waals surface area contributed by atoms with Gasteiger partial charge in [-0.3, -0.25) is 9.59 Å². The molecule has 0 heterocycles. The highest BCUT2D eigenvalue weighted by Crippen LogP contribution is 2.14. The maximum Gasteiger partial charge on any atom is 0.253 e. The van der Waals surface area contributed by atoms with E-state index in [4.69, 9.17) is 10.5 Å². The third-order valence-corrected chi connectivity index (χ3v) is 3.90. The number of primary amides is 1. The molecule has 0 aliphatic carbocycles. The number of ether oxygens (including phenoxy) is 1. The second-order valence-electron chi connectivity index (χ2n) is 5.87. The molecule has 2 rings (SSSR count). The second-order valence-corrected chi connectivity index (χ2v) is 5.87. The van der Waals surface area contributed by atoms with E-state index < -0.39 is 5.91 Å². The first kappa shape index (κ1) is 19.2. The van der Waals surface area contributed by atoms with Crippen LogP contribution < -0.4 is 10.5 Å². The Morgan fingerprint density at radius 2 is 1.73 bits per heavy atom. The highest BCUT2D eigenvalue weighted by atomic mass is 16.5. The van der Waals surface area contributed by atoms with Crippen molar-refractivity contribution in [3.63, 3.8) is 0 Å². The van der Waals surface area contributed by atoms with Crippen LogP contribution in [0.25, 0.3) is 0 Å². The summed E-state index contributed by atoms with van der Waals surface area (Å²) in [5.74, 6) is 0.127. The second kappa shape index (κ2) is 10.0. The molecule has 0 radical (unpaired) electrons. The molecule has 2 aromatic rings. The van der Waals surface area contributed by atoms with Gasteiger partial charge in [-0.25, -0.2) is 0 Å². The minimum absolute atomic E-state index is 0.127. The van der Waals surface area contributed by atoms with E-state index in [1.165, 1.54) is 0 Å². The fourth-order valence-electron chi connectivity index (χ4n) is 2.50. The van der Waals surface area contributed by atoms with Gasteiger partial charge in [0.15, 0.2) is 0 Å². The van der Waals surface area contributed by atoms with Crippen molar-refractivity contribution in [1.82, 2.24) is 4.90 Å². The molecule has 5 heteroatoms. The van der Waals surface area contributed by atoms with E-state index in [0.29, 0.717) is 37.4 Å². The van der Waals surface area contributed by atoms with E-state index in [9.17, 15) is 9.59 Å². The lowest BCUT2D eigenvalue weighted by molar-refractivity contribution is -0.118. The number of carbonyl (C=O) groups excluding carboxylic acids is 2. The summed E-state index contributed by atoms with van der Waals surface area (Å²) < 4.78 is 5.43. The number of rotatable bonds is 10. The van der Waals surface area contributed by atoms with Crippen LogP contribution in [0.3, 0.4) is 0 Å². The van der Waals surface area contributed by atoms with Crippen LogP contribution in [-0.2, 0) is 11.2 Å². The van der Waals surface area contributed by atoms with Crippen molar-refractivity contribution >= 4 is 11.8 Å². The van der Waals surface area contributed by atoms with E-state index in [0.717, 1.165) is 5.56 Å². The normalized spacial score (nSPS) is 10.2. The van der Waals surface area contributed by atoms with E-state index >= 15 is 0 Å². The Bertz CT molecular complexity index is 727. The fraction of sp³-hybridized carbons (Fsp3) is 0.238. The van der Waals surface area contributed by atoms with Crippen molar-refractivity contribution in [1.29, 1.82) is 0 Å². The van der Waals surface area contributed by atoms with Gasteiger partial charge in [0.2, 0.25) is 5.91 Å². The molecule has 0 saturated heterocycles. The molecule has 0 atom stereocenters. The molecule has 0 spiro atoms. The number of nitrogens with two attached hydrogens (primary N) is 1. The summed E-state index contributed by atoms with van der Waals surface area (Å²) in [5, 5.41) is 0. The van der Waals surface area contributed by atoms with Gasteiger partial charge in [-0.1, -0.05) is 43.0 Å². The molecule has 2 N–H and O–H groups in total. The first-order chi connectivity index (χ1) is 12.6. The monoisotopic (exact) mass is 352 g/mol. The van der Waals surface area contributed by atoms with Crippen LogP contribution in [-0.4, -0.2) is 36.4 Å². The molecule has 0 saturated carbocycles. The Labute approximate surface area is 154 Å². The van der Waals surface area contributed by atoms with Gasteiger partial charge in [-0.2, -0.15) is 0 Å². The average molecular weight is 352 g/mol. The Morgan fingerprint density at radius 3 is 2.35 bits per heavy atom. The van der Waals surface area contributed by atoms with Crippen molar-refractivity contribution in [3.8, 4) is 5.75 Å². The molecule has 0 unspecified atom stereocenters. The third-order valence-electron chi connectivity index (χ3n) is 3.90. The van der Waals surface area contributed by atoms with Gasteiger partial charge in [0.1, 0.15) is 12.4 Å². The van der Waals surface area contributed by atoms with Gasteiger partial charge in [0, 0.05) is 25.1 Å². The molecule has 2 aromatic carbocycles. The SMILES string of the molecule is C=CCOc1ccc(C(=O)N(CCC(N)=O)CCc2ccccc2)cc1. The van der Waals surface area contributed by atoms with Crippen molar-refractivity contribution in [2.45, 2.75) is 12.8 Å². The van der Waals surface area contributed by atoms with Crippen LogP contribution in [0.1, 0.15) is 22.3 Å². The number of hydrogen-bond acceptors (Lipinski definition) is 3. The van der Waals surface area contributed by atoms with Crippen LogP contribution in [0.2, 0.25) is 0 Å². The summed E-state index contributed by atoms with van der Waals surface area (Å²) in [4.78, 5) is 25.6. The minimum atomic E-state index is -0.421. The molecule has 0 aliphatic heterocycles. The van der Waals surface area contributed by atoms with Crippen LogP contribution in [0, 0.1) is 0 Å². The van der Waals surface area contributed by atoms with Gasteiger partial charge in [-0.05, 0) is 36.2 Å². The summed E-state index contributed by atoms with van der Waals surface area (Å²) in [5.41, 5.74) is 6.94. The van der Waals surface area contributed by atoms with Gasteiger partial charge in [-0.15, -0.1) is 0 Å². The predicted octanol–water partition coefficient (Wildman–Crippen LogP) is 2.81. The van der Waals surface area contributed by atoms with Crippen LogP contribution in [0.15, 0.2) is 67.3 Å². The molecule has 136 valence electrons. The highest BCUT2D eigenvalue weighted by Gasteiger charge is 2.16. The number of nitrogens with zero attached hydrogens (tertiary/aromatic N) is 1. The number of amides is 2. The maximum absolute atomic E-state index is 12.8. The van der Waals surface area contributed by atoms with Gasteiger partial charge < -0.3 is 15.4 Å². The molecule has 0 aliphatic rings. The predicted molar refractivity (Wildman–Crippen MR) is 102 cm³/mol. The van der Waals surface area contributed by atoms with Gasteiger partial charge >= 0.3 is 0 Å². The zero-order valence-electron chi connectivity index (χ0n) is 14.8. The molecule has 26 heavy (non-hydrogen) atoms. The molecular formula is C21H24N2O3. The van der Waals surface area contributed by atoms with Crippen molar-refractivity contribution in [2.24, 2.45) is 5.73 Å². The lowest BCUT2D eigenvalue weighted by Crippen LogP contribution is -2.35. The quantitative estimate of drug-likeness (QED) is 0.668. The summed E-state index contributed by atoms with van der Waals surface area (Å²) in [7, 11) is 0. The largest absolute Gasteiger partial charge is 0.490 e. The average Bonchev–Trinajstić information content (AvgIpc) is 2.67. The summed E-state index contributed by atoms with van der Waals surface area (Å²) in [6, 6.07) is 16.9.